The molecule has 0 saturated heterocycles. The normalized spacial score (nSPS) is 13.2. The van der Waals surface area contributed by atoms with Crippen molar-refractivity contribution < 1.29 is 13.2 Å². The zero-order chi connectivity index (χ0) is 14.1. The van der Waals surface area contributed by atoms with Gasteiger partial charge in [-0.15, -0.1) is 0 Å². The second-order valence-electron chi connectivity index (χ2n) is 3.54. The predicted molar refractivity (Wildman–Crippen MR) is 77.6 cm³/mol. The van der Waals surface area contributed by atoms with E-state index in [0.29, 0.717) is 14.0 Å². The number of rotatable bonds is 3. The number of sulfone groups is 1. The number of nitrogens with one attached hydrogen (secondary N) is 1. The molecule has 0 fully saturated rings. The minimum absolute atomic E-state index is 0.170. The Morgan fingerprint density at radius 2 is 2.06 bits per heavy atom. The third-order valence-corrected chi connectivity index (χ3v) is 5.89. The Morgan fingerprint density at radius 3 is 2.56 bits per heavy atom. The van der Waals surface area contributed by atoms with E-state index < -0.39 is 21.0 Å². The third kappa shape index (κ3) is 3.66. The van der Waals surface area contributed by atoms with E-state index in [2.05, 4.69) is 42.2 Å². The van der Waals surface area contributed by atoms with Crippen LogP contribution in [0.1, 0.15) is 6.92 Å². The topological polar surface area (TPSA) is 76.1 Å². The second-order valence-corrected chi connectivity index (χ2v) is 7.94. The summed E-state index contributed by atoms with van der Waals surface area (Å²) in [5.74, 6) is -0.493. The molecule has 0 saturated carbocycles. The van der Waals surface area contributed by atoms with E-state index in [4.69, 9.17) is 11.6 Å². The first-order valence-corrected chi connectivity index (χ1v) is 8.55. The van der Waals surface area contributed by atoms with Crippen LogP contribution < -0.4 is 5.32 Å². The highest BCUT2D eigenvalue weighted by atomic mass is 79.9. The standard InChI is InChI=1S/C9H9Br2ClN2O3S/c1-4(18(2,16)17)9(15)14-8-6(11)7(12)5(10)3-13-8/h3-4H,1-2H3,(H,13,14,15). The highest BCUT2D eigenvalue weighted by Crippen LogP contribution is 2.34. The lowest BCUT2D eigenvalue weighted by atomic mass is 10.4. The quantitative estimate of drug-likeness (QED) is 0.816. The van der Waals surface area contributed by atoms with Crippen molar-refractivity contribution in [2.45, 2.75) is 12.2 Å². The molecule has 1 aromatic heterocycles. The summed E-state index contributed by atoms with van der Waals surface area (Å²) in [6.45, 7) is 1.30. The van der Waals surface area contributed by atoms with Crippen LogP contribution in [0.3, 0.4) is 0 Å². The van der Waals surface area contributed by atoms with Gasteiger partial charge in [-0.05, 0) is 38.8 Å². The molecule has 1 atom stereocenters. The first-order valence-electron chi connectivity index (χ1n) is 4.63. The molecule has 100 valence electrons. The van der Waals surface area contributed by atoms with Gasteiger partial charge in [-0.2, -0.15) is 0 Å². The molecule has 1 aromatic rings. The van der Waals surface area contributed by atoms with Gasteiger partial charge in [-0.25, -0.2) is 13.4 Å². The fraction of sp³-hybridized carbons (Fsp3) is 0.333. The first-order chi connectivity index (χ1) is 8.14. The van der Waals surface area contributed by atoms with Crippen LogP contribution >= 0.6 is 43.5 Å². The highest BCUT2D eigenvalue weighted by molar-refractivity contribution is 9.11. The molecule has 0 radical (unpaired) electrons. The van der Waals surface area contributed by atoms with Crippen LogP contribution in [-0.4, -0.2) is 30.8 Å². The number of nitrogens with zero attached hydrogens (tertiary/aromatic N) is 1. The molecule has 0 aliphatic carbocycles. The Labute approximate surface area is 126 Å². The molecule has 1 heterocycles. The second kappa shape index (κ2) is 5.85. The van der Waals surface area contributed by atoms with Gasteiger partial charge in [0.1, 0.15) is 11.1 Å². The molecular weight excluding hydrogens is 411 g/mol. The molecule has 1 N–H and O–H groups in total. The van der Waals surface area contributed by atoms with Crippen molar-refractivity contribution in [1.29, 1.82) is 0 Å². The van der Waals surface area contributed by atoms with Crippen LogP contribution in [0, 0.1) is 0 Å². The number of halogens is 3. The molecule has 9 heteroatoms. The summed E-state index contributed by atoms with van der Waals surface area (Å²) in [5, 5.41) is 1.58. The Kier molecular flexibility index (Phi) is 5.16. The Balaban J connectivity index is 3.00. The zero-order valence-electron chi connectivity index (χ0n) is 9.37. The van der Waals surface area contributed by atoms with Crippen molar-refractivity contribution in [2.75, 3.05) is 11.6 Å². The largest absolute Gasteiger partial charge is 0.309 e. The van der Waals surface area contributed by atoms with E-state index >= 15 is 0 Å². The lowest BCUT2D eigenvalue weighted by Crippen LogP contribution is -2.32. The molecule has 1 unspecified atom stereocenters. The van der Waals surface area contributed by atoms with Gasteiger partial charge in [-0.1, -0.05) is 11.6 Å². The van der Waals surface area contributed by atoms with Gasteiger partial charge in [0.05, 0.1) is 14.0 Å². The average molecular weight is 421 g/mol. The fourth-order valence-electron chi connectivity index (χ4n) is 0.943. The molecule has 0 spiro atoms. The summed E-state index contributed by atoms with van der Waals surface area (Å²) >= 11 is 12.3. The van der Waals surface area contributed by atoms with E-state index in [-0.39, 0.29) is 5.82 Å². The number of amides is 1. The van der Waals surface area contributed by atoms with Gasteiger partial charge in [-0.3, -0.25) is 4.79 Å². The number of hydrogen-bond acceptors (Lipinski definition) is 4. The van der Waals surface area contributed by atoms with E-state index in [1.807, 2.05) is 0 Å². The summed E-state index contributed by atoms with van der Waals surface area (Å²) in [5.41, 5.74) is 0. The Bertz CT molecular complexity index is 592. The number of carbonyl (C=O) groups excluding carboxylic acids is 1. The molecule has 5 nitrogen and oxygen atoms in total. The van der Waals surface area contributed by atoms with E-state index in [1.165, 1.54) is 13.1 Å². The maximum Gasteiger partial charge on any atom is 0.243 e. The van der Waals surface area contributed by atoms with Gasteiger partial charge in [0, 0.05) is 12.5 Å². The number of pyridine rings is 1. The number of carbonyl (C=O) groups is 1. The molecular formula is C9H9Br2ClN2O3S. The SMILES string of the molecule is CC(C(=O)Nc1ncc(Br)c(Cl)c1Br)S(C)(=O)=O. The maximum absolute atomic E-state index is 11.7. The van der Waals surface area contributed by atoms with Crippen molar-refractivity contribution in [2.24, 2.45) is 0 Å². The minimum atomic E-state index is -3.45. The summed E-state index contributed by atoms with van der Waals surface area (Å²) in [4.78, 5) is 15.6. The van der Waals surface area contributed by atoms with Crippen LogP contribution in [0.25, 0.3) is 0 Å². The van der Waals surface area contributed by atoms with Gasteiger partial charge >= 0.3 is 0 Å². The van der Waals surface area contributed by atoms with Crippen LogP contribution in [0.15, 0.2) is 15.1 Å². The van der Waals surface area contributed by atoms with Crippen LogP contribution in [0.4, 0.5) is 5.82 Å². The van der Waals surface area contributed by atoms with Crippen LogP contribution in [-0.2, 0) is 14.6 Å². The third-order valence-electron chi connectivity index (χ3n) is 2.17. The predicted octanol–water partition coefficient (Wildman–Crippen LogP) is 2.63. The lowest BCUT2D eigenvalue weighted by molar-refractivity contribution is -0.115. The summed E-state index contributed by atoms with van der Waals surface area (Å²) < 4.78 is 23.4. The molecule has 0 aromatic carbocycles. The van der Waals surface area contributed by atoms with Crippen molar-refractivity contribution in [3.8, 4) is 0 Å². The van der Waals surface area contributed by atoms with Crippen molar-refractivity contribution in [3.63, 3.8) is 0 Å². The maximum atomic E-state index is 11.7. The highest BCUT2D eigenvalue weighted by Gasteiger charge is 2.24. The molecule has 1 rings (SSSR count). The molecule has 18 heavy (non-hydrogen) atoms. The molecule has 1 amide bonds. The van der Waals surface area contributed by atoms with E-state index in [1.54, 1.807) is 0 Å². The van der Waals surface area contributed by atoms with Gasteiger partial charge in [0.25, 0.3) is 0 Å². The lowest BCUT2D eigenvalue weighted by Gasteiger charge is -2.11. The minimum Gasteiger partial charge on any atom is -0.309 e. The zero-order valence-corrected chi connectivity index (χ0v) is 14.1. The number of anilines is 1. The van der Waals surface area contributed by atoms with Crippen molar-refractivity contribution in [3.05, 3.63) is 20.2 Å². The van der Waals surface area contributed by atoms with Gasteiger partial charge < -0.3 is 5.32 Å². The van der Waals surface area contributed by atoms with E-state index in [0.717, 1.165) is 6.26 Å². The first kappa shape index (κ1) is 15.9. The fourth-order valence-corrected chi connectivity index (χ4v) is 2.51. The van der Waals surface area contributed by atoms with Gasteiger partial charge in [0.15, 0.2) is 9.84 Å². The van der Waals surface area contributed by atoms with Gasteiger partial charge in [0.2, 0.25) is 5.91 Å². The molecule has 0 bridgehead atoms. The monoisotopic (exact) mass is 418 g/mol. The van der Waals surface area contributed by atoms with Crippen molar-refractivity contribution in [1.82, 2.24) is 4.98 Å². The molecule has 0 aliphatic heterocycles. The van der Waals surface area contributed by atoms with Crippen LogP contribution in [0.2, 0.25) is 5.02 Å². The number of aromatic nitrogens is 1. The summed E-state index contributed by atoms with van der Waals surface area (Å²) in [7, 11) is -3.45. The Morgan fingerprint density at radius 1 is 1.50 bits per heavy atom. The van der Waals surface area contributed by atoms with E-state index in [9.17, 15) is 13.2 Å². The average Bonchev–Trinajstić information content (AvgIpc) is 2.27. The van der Waals surface area contributed by atoms with Crippen molar-refractivity contribution >= 4 is 65.0 Å². The summed E-state index contributed by atoms with van der Waals surface area (Å²) in [6, 6.07) is 0. The van der Waals surface area contributed by atoms with Crippen LogP contribution in [0.5, 0.6) is 0 Å². The molecule has 0 aliphatic rings. The summed E-state index contributed by atoms with van der Waals surface area (Å²) in [6.07, 6.45) is 2.40. The Hall–Kier alpha value is -0.180. The smallest absolute Gasteiger partial charge is 0.243 e. The number of hydrogen-bond donors (Lipinski definition) is 1.